The number of ether oxygens (including phenoxy) is 1. The topological polar surface area (TPSA) is 46.6 Å². The van der Waals surface area contributed by atoms with E-state index < -0.39 is 0 Å². The molecule has 0 aromatic carbocycles. The van der Waals surface area contributed by atoms with Crippen molar-refractivity contribution in [1.82, 2.24) is 4.90 Å². The maximum Gasteiger partial charge on any atom is 0.307 e. The predicted octanol–water partition coefficient (Wildman–Crippen LogP) is 2.61. The maximum atomic E-state index is 12.1. The summed E-state index contributed by atoms with van der Waals surface area (Å²) in [7, 11) is 1.76. The van der Waals surface area contributed by atoms with Gasteiger partial charge in [0.25, 0.3) is 0 Å². The van der Waals surface area contributed by atoms with Crippen LogP contribution in [-0.4, -0.2) is 37.0 Å². The number of hydrogen-bond donors (Lipinski definition) is 0. The number of unbranched alkanes of at least 4 members (excludes halogenated alkanes) is 1. The largest absolute Gasteiger partial charge is 0.466 e. The molecule has 0 aromatic rings. The fourth-order valence-corrected chi connectivity index (χ4v) is 1.87. The van der Waals surface area contributed by atoms with Crippen molar-refractivity contribution >= 4 is 11.9 Å². The van der Waals surface area contributed by atoms with Gasteiger partial charge < -0.3 is 9.64 Å². The Morgan fingerprint density at radius 2 is 1.89 bits per heavy atom. The maximum absolute atomic E-state index is 12.1. The molecule has 0 saturated carbocycles. The molecule has 18 heavy (non-hydrogen) atoms. The molecule has 0 N–H and O–H groups in total. The molecule has 1 atom stereocenters. The van der Waals surface area contributed by atoms with Crippen molar-refractivity contribution in [3.63, 3.8) is 0 Å². The normalized spacial score (nSPS) is 12.0. The average Bonchev–Trinajstić information content (AvgIpc) is 2.36. The fourth-order valence-electron chi connectivity index (χ4n) is 1.87. The summed E-state index contributed by atoms with van der Waals surface area (Å²) in [5.74, 6) is 0.00570. The summed E-state index contributed by atoms with van der Waals surface area (Å²) in [6, 6.07) is 0. The van der Waals surface area contributed by atoms with E-state index in [1.165, 1.54) is 0 Å². The highest BCUT2D eigenvalue weighted by Gasteiger charge is 2.20. The minimum Gasteiger partial charge on any atom is -0.466 e. The summed E-state index contributed by atoms with van der Waals surface area (Å²) in [6.45, 7) is 6.79. The van der Waals surface area contributed by atoms with Crippen molar-refractivity contribution in [3.8, 4) is 0 Å². The van der Waals surface area contributed by atoms with Crippen molar-refractivity contribution in [3.05, 3.63) is 0 Å². The second kappa shape index (κ2) is 9.92. The molecule has 1 amide bonds. The summed E-state index contributed by atoms with van der Waals surface area (Å²) in [5.41, 5.74) is 0. The zero-order valence-corrected chi connectivity index (χ0v) is 12.2. The summed E-state index contributed by atoms with van der Waals surface area (Å²) < 4.78 is 4.85. The van der Waals surface area contributed by atoms with Gasteiger partial charge in [-0.3, -0.25) is 9.59 Å². The predicted molar refractivity (Wildman–Crippen MR) is 72.2 cm³/mol. The van der Waals surface area contributed by atoms with Gasteiger partial charge in [0.15, 0.2) is 0 Å². The zero-order chi connectivity index (χ0) is 14.0. The molecule has 0 aliphatic heterocycles. The Morgan fingerprint density at radius 1 is 1.22 bits per heavy atom. The molecule has 0 aliphatic rings. The first-order valence-corrected chi connectivity index (χ1v) is 6.97. The molecular weight excluding hydrogens is 230 g/mol. The lowest BCUT2D eigenvalue weighted by atomic mass is 9.98. The van der Waals surface area contributed by atoms with Gasteiger partial charge in [0, 0.05) is 19.5 Å². The van der Waals surface area contributed by atoms with Crippen LogP contribution in [0.15, 0.2) is 0 Å². The molecule has 0 spiro atoms. The van der Waals surface area contributed by atoms with Crippen molar-refractivity contribution in [2.24, 2.45) is 5.92 Å². The molecule has 0 fully saturated rings. The fraction of sp³-hybridized carbons (Fsp3) is 0.857. The molecule has 0 rings (SSSR count). The van der Waals surface area contributed by atoms with E-state index in [0.717, 1.165) is 25.7 Å². The quantitative estimate of drug-likeness (QED) is 0.596. The van der Waals surface area contributed by atoms with Crippen LogP contribution in [0.5, 0.6) is 0 Å². The number of nitrogens with zero attached hydrogens (tertiary/aromatic N) is 1. The molecule has 0 heterocycles. The Balaban J connectivity index is 4.09. The van der Waals surface area contributed by atoms with E-state index in [0.29, 0.717) is 13.2 Å². The average molecular weight is 257 g/mol. The second-order valence-electron chi connectivity index (χ2n) is 4.56. The molecule has 0 radical (unpaired) electrons. The van der Waals surface area contributed by atoms with Gasteiger partial charge in [0.05, 0.1) is 13.0 Å². The molecule has 0 saturated heterocycles. The Bertz CT molecular complexity index is 253. The lowest BCUT2D eigenvalue weighted by Gasteiger charge is -2.22. The van der Waals surface area contributed by atoms with E-state index in [-0.39, 0.29) is 24.2 Å². The third kappa shape index (κ3) is 6.62. The van der Waals surface area contributed by atoms with Gasteiger partial charge in [-0.15, -0.1) is 0 Å². The van der Waals surface area contributed by atoms with Crippen LogP contribution < -0.4 is 0 Å². The van der Waals surface area contributed by atoms with E-state index in [9.17, 15) is 9.59 Å². The van der Waals surface area contributed by atoms with Crippen LogP contribution >= 0.6 is 0 Å². The monoisotopic (exact) mass is 257 g/mol. The van der Waals surface area contributed by atoms with Crippen LogP contribution in [0.1, 0.15) is 52.9 Å². The molecule has 1 unspecified atom stereocenters. The SMILES string of the molecule is CCCCC(CC)C(=O)N(C)CCC(=O)OCC. The highest BCUT2D eigenvalue weighted by molar-refractivity contribution is 5.79. The molecule has 4 nitrogen and oxygen atoms in total. The van der Waals surface area contributed by atoms with Crippen LogP contribution in [0.2, 0.25) is 0 Å². The number of esters is 1. The minimum atomic E-state index is -0.237. The summed E-state index contributed by atoms with van der Waals surface area (Å²) in [6.07, 6.45) is 4.27. The summed E-state index contributed by atoms with van der Waals surface area (Å²) in [5, 5.41) is 0. The molecule has 4 heteroatoms. The first-order chi connectivity index (χ1) is 8.56. The van der Waals surface area contributed by atoms with Gasteiger partial charge in [-0.2, -0.15) is 0 Å². The van der Waals surface area contributed by atoms with Crippen molar-refractivity contribution < 1.29 is 14.3 Å². The van der Waals surface area contributed by atoms with E-state index in [4.69, 9.17) is 4.74 Å². The Hall–Kier alpha value is -1.06. The first kappa shape index (κ1) is 16.9. The molecular formula is C14H27NO3. The van der Waals surface area contributed by atoms with E-state index in [1.54, 1.807) is 18.9 Å². The van der Waals surface area contributed by atoms with E-state index >= 15 is 0 Å². The smallest absolute Gasteiger partial charge is 0.307 e. The van der Waals surface area contributed by atoms with Gasteiger partial charge in [0.2, 0.25) is 5.91 Å². The van der Waals surface area contributed by atoms with Gasteiger partial charge in [0.1, 0.15) is 0 Å². The molecule has 106 valence electrons. The molecule has 0 aliphatic carbocycles. The van der Waals surface area contributed by atoms with E-state index in [2.05, 4.69) is 6.92 Å². The number of amides is 1. The van der Waals surface area contributed by atoms with Crippen LogP contribution in [-0.2, 0) is 14.3 Å². The first-order valence-electron chi connectivity index (χ1n) is 6.97. The van der Waals surface area contributed by atoms with Gasteiger partial charge in [-0.1, -0.05) is 26.7 Å². The number of carbonyl (C=O) groups is 2. The van der Waals surface area contributed by atoms with Gasteiger partial charge >= 0.3 is 5.97 Å². The number of hydrogen-bond acceptors (Lipinski definition) is 3. The third-order valence-electron chi connectivity index (χ3n) is 3.08. The number of rotatable bonds is 9. The van der Waals surface area contributed by atoms with Gasteiger partial charge in [-0.25, -0.2) is 0 Å². The van der Waals surface area contributed by atoms with Gasteiger partial charge in [-0.05, 0) is 19.8 Å². The second-order valence-corrected chi connectivity index (χ2v) is 4.56. The van der Waals surface area contributed by atoms with Crippen LogP contribution in [0.25, 0.3) is 0 Å². The summed E-state index contributed by atoms with van der Waals surface area (Å²) >= 11 is 0. The molecule has 0 bridgehead atoms. The summed E-state index contributed by atoms with van der Waals surface area (Å²) in [4.78, 5) is 25.0. The van der Waals surface area contributed by atoms with Crippen LogP contribution in [0.3, 0.4) is 0 Å². The minimum absolute atomic E-state index is 0.0946. The zero-order valence-electron chi connectivity index (χ0n) is 12.2. The Morgan fingerprint density at radius 3 is 2.39 bits per heavy atom. The van der Waals surface area contributed by atoms with Crippen molar-refractivity contribution in [2.75, 3.05) is 20.2 Å². The lowest BCUT2D eigenvalue weighted by molar-refractivity contribution is -0.144. The molecule has 0 aromatic heterocycles. The standard InChI is InChI=1S/C14H27NO3/c1-5-8-9-12(6-2)14(17)15(4)11-10-13(16)18-7-3/h12H,5-11H2,1-4H3. The van der Waals surface area contributed by atoms with E-state index in [1.807, 2.05) is 6.92 Å². The highest BCUT2D eigenvalue weighted by Crippen LogP contribution is 2.15. The Kier molecular flexibility index (Phi) is 9.33. The highest BCUT2D eigenvalue weighted by atomic mass is 16.5. The van der Waals surface area contributed by atoms with Crippen LogP contribution in [0, 0.1) is 5.92 Å². The van der Waals surface area contributed by atoms with Crippen LogP contribution in [0.4, 0.5) is 0 Å². The third-order valence-corrected chi connectivity index (χ3v) is 3.08. The Labute approximate surface area is 111 Å². The lowest BCUT2D eigenvalue weighted by Crippen LogP contribution is -2.34. The number of carbonyl (C=O) groups excluding carboxylic acids is 2. The van der Waals surface area contributed by atoms with Crippen molar-refractivity contribution in [2.45, 2.75) is 52.9 Å². The van der Waals surface area contributed by atoms with Crippen molar-refractivity contribution in [1.29, 1.82) is 0 Å².